The maximum Gasteiger partial charge on any atom is 0.273 e. The van der Waals surface area contributed by atoms with Gasteiger partial charge in [0.05, 0.1) is 9.47 Å². The molecule has 0 aliphatic heterocycles. The zero-order chi connectivity index (χ0) is 14.0. The van der Waals surface area contributed by atoms with Crippen LogP contribution in [0.5, 0.6) is 0 Å². The van der Waals surface area contributed by atoms with Crippen molar-refractivity contribution in [2.45, 2.75) is 11.1 Å². The largest absolute Gasteiger partial charge is 0.273 e. The van der Waals surface area contributed by atoms with Gasteiger partial charge in [0, 0.05) is 6.54 Å². The molecule has 0 atom stereocenters. The van der Waals surface area contributed by atoms with Crippen LogP contribution < -0.4 is 4.31 Å². The Balaban J connectivity index is 2.47. The van der Waals surface area contributed by atoms with E-state index in [-0.39, 0.29) is 10.8 Å². The Morgan fingerprint density at radius 2 is 2.05 bits per heavy atom. The van der Waals surface area contributed by atoms with Gasteiger partial charge in [0.25, 0.3) is 10.0 Å². The number of sulfonamides is 1. The van der Waals surface area contributed by atoms with Crippen molar-refractivity contribution >= 4 is 43.0 Å². The highest BCUT2D eigenvalue weighted by Crippen LogP contribution is 2.31. The average Bonchev–Trinajstić information content (AvgIpc) is 2.77. The molecule has 1 heterocycles. The summed E-state index contributed by atoms with van der Waals surface area (Å²) in [6.07, 6.45) is 0. The van der Waals surface area contributed by atoms with E-state index in [0.717, 1.165) is 15.1 Å². The van der Waals surface area contributed by atoms with Gasteiger partial charge in [-0.15, -0.1) is 11.3 Å². The Hall–Kier alpha value is -0.920. The fraction of sp³-hybridized carbons (Fsp3) is 0.167. The van der Waals surface area contributed by atoms with E-state index in [2.05, 4.69) is 15.9 Å². The third kappa shape index (κ3) is 2.98. The van der Waals surface area contributed by atoms with E-state index >= 15 is 0 Å². The van der Waals surface area contributed by atoms with Gasteiger partial charge in [-0.2, -0.15) is 0 Å². The quantitative estimate of drug-likeness (QED) is 0.826. The first kappa shape index (κ1) is 14.5. The molecular weight excluding hydrogens is 353 g/mol. The summed E-state index contributed by atoms with van der Waals surface area (Å²) in [7, 11) is -3.64. The molecule has 7 heteroatoms. The van der Waals surface area contributed by atoms with Crippen molar-refractivity contribution in [2.75, 3.05) is 10.8 Å². The summed E-state index contributed by atoms with van der Waals surface area (Å²) in [5.74, 6) is -0.460. The van der Waals surface area contributed by atoms with Crippen LogP contribution in [0.15, 0.2) is 44.4 Å². The molecule has 2 rings (SSSR count). The highest BCUT2D eigenvalue weighted by atomic mass is 79.9. The molecule has 1 aromatic carbocycles. The van der Waals surface area contributed by atoms with Crippen LogP contribution in [-0.4, -0.2) is 15.0 Å². The van der Waals surface area contributed by atoms with Crippen LogP contribution in [0.3, 0.4) is 0 Å². The second kappa shape index (κ2) is 5.60. The summed E-state index contributed by atoms with van der Waals surface area (Å²) in [5.41, 5.74) is 0.326. The third-order valence-corrected chi connectivity index (χ3v) is 6.47. The molecule has 0 aliphatic rings. The Morgan fingerprint density at radius 1 is 1.32 bits per heavy atom. The lowest BCUT2D eigenvalue weighted by atomic mass is 10.3. The number of halogens is 2. The Bertz CT molecular complexity index is 685. The van der Waals surface area contributed by atoms with E-state index in [9.17, 15) is 12.8 Å². The van der Waals surface area contributed by atoms with Gasteiger partial charge >= 0.3 is 0 Å². The van der Waals surface area contributed by atoms with E-state index in [0.29, 0.717) is 5.69 Å². The average molecular weight is 364 g/mol. The highest BCUT2D eigenvalue weighted by Gasteiger charge is 2.25. The van der Waals surface area contributed by atoms with Crippen LogP contribution in [0, 0.1) is 5.82 Å². The minimum absolute atomic E-state index is 0.227. The summed E-state index contributed by atoms with van der Waals surface area (Å²) < 4.78 is 40.3. The van der Waals surface area contributed by atoms with E-state index in [1.54, 1.807) is 19.1 Å². The van der Waals surface area contributed by atoms with Crippen molar-refractivity contribution in [3.05, 3.63) is 46.0 Å². The SMILES string of the molecule is CCN(c1cccc(F)c1)S(=O)(=O)c1ccc(Br)s1. The molecule has 2 aromatic rings. The third-order valence-electron chi connectivity index (χ3n) is 2.48. The molecule has 0 amide bonds. The van der Waals surface area contributed by atoms with Crippen LogP contribution in [0.4, 0.5) is 10.1 Å². The highest BCUT2D eigenvalue weighted by molar-refractivity contribution is 9.11. The van der Waals surface area contributed by atoms with Crippen molar-refractivity contribution in [3.8, 4) is 0 Å². The summed E-state index contributed by atoms with van der Waals surface area (Å²) in [4.78, 5) is 0. The summed E-state index contributed by atoms with van der Waals surface area (Å²) in [5, 5.41) is 0. The minimum atomic E-state index is -3.64. The molecule has 0 bridgehead atoms. The van der Waals surface area contributed by atoms with Gasteiger partial charge in [-0.25, -0.2) is 12.8 Å². The second-order valence-corrected chi connectivity index (χ2v) is 8.26. The molecule has 0 aliphatic carbocycles. The first-order valence-corrected chi connectivity index (χ1v) is 8.53. The number of benzene rings is 1. The Morgan fingerprint density at radius 3 is 2.58 bits per heavy atom. The molecule has 0 saturated carbocycles. The lowest BCUT2D eigenvalue weighted by molar-refractivity contribution is 0.593. The number of hydrogen-bond acceptors (Lipinski definition) is 3. The van der Waals surface area contributed by atoms with Crippen molar-refractivity contribution in [2.24, 2.45) is 0 Å². The lowest BCUT2D eigenvalue weighted by Crippen LogP contribution is -2.30. The Labute approximate surface area is 123 Å². The smallest absolute Gasteiger partial charge is 0.266 e. The lowest BCUT2D eigenvalue weighted by Gasteiger charge is -2.21. The van der Waals surface area contributed by atoms with Gasteiger partial charge in [-0.3, -0.25) is 4.31 Å². The fourth-order valence-electron chi connectivity index (χ4n) is 1.67. The van der Waals surface area contributed by atoms with Crippen molar-refractivity contribution < 1.29 is 12.8 Å². The predicted octanol–water partition coefficient (Wildman–Crippen LogP) is 3.86. The van der Waals surface area contributed by atoms with Gasteiger partial charge < -0.3 is 0 Å². The molecule has 0 spiro atoms. The van der Waals surface area contributed by atoms with Gasteiger partial charge in [0.1, 0.15) is 10.0 Å². The van der Waals surface area contributed by atoms with Crippen molar-refractivity contribution in [3.63, 3.8) is 0 Å². The van der Waals surface area contributed by atoms with Crippen molar-refractivity contribution in [1.82, 2.24) is 0 Å². The van der Waals surface area contributed by atoms with E-state index in [4.69, 9.17) is 0 Å². The fourth-order valence-corrected chi connectivity index (χ4v) is 5.26. The predicted molar refractivity (Wildman–Crippen MR) is 78.6 cm³/mol. The maximum absolute atomic E-state index is 13.2. The van der Waals surface area contributed by atoms with E-state index < -0.39 is 15.8 Å². The first-order chi connectivity index (χ1) is 8.95. The Kier molecular flexibility index (Phi) is 4.27. The molecule has 1 aromatic heterocycles. The summed E-state index contributed by atoms with van der Waals surface area (Å²) in [6.45, 7) is 1.95. The van der Waals surface area contributed by atoms with Gasteiger partial charge in [0.15, 0.2) is 0 Å². The van der Waals surface area contributed by atoms with Gasteiger partial charge in [-0.05, 0) is 53.2 Å². The molecule has 0 saturated heterocycles. The van der Waals surface area contributed by atoms with Crippen LogP contribution >= 0.6 is 27.3 Å². The standard InChI is InChI=1S/C12H11BrFNO2S2/c1-2-15(10-5-3-4-9(14)8-10)19(16,17)12-7-6-11(13)18-12/h3-8H,2H2,1H3. The van der Waals surface area contributed by atoms with Crippen LogP contribution in [0.25, 0.3) is 0 Å². The van der Waals surface area contributed by atoms with Gasteiger partial charge in [-0.1, -0.05) is 6.07 Å². The topological polar surface area (TPSA) is 37.4 Å². The molecule has 102 valence electrons. The molecule has 0 N–H and O–H groups in total. The van der Waals surface area contributed by atoms with Crippen LogP contribution in [-0.2, 0) is 10.0 Å². The maximum atomic E-state index is 13.2. The number of anilines is 1. The molecule has 3 nitrogen and oxygen atoms in total. The molecule has 0 fully saturated rings. The molecular formula is C12H11BrFNO2S2. The van der Waals surface area contributed by atoms with E-state index in [1.807, 2.05) is 0 Å². The first-order valence-electron chi connectivity index (χ1n) is 5.49. The number of hydrogen-bond donors (Lipinski definition) is 0. The van der Waals surface area contributed by atoms with E-state index in [1.165, 1.54) is 28.6 Å². The molecule has 19 heavy (non-hydrogen) atoms. The van der Waals surface area contributed by atoms with Crippen molar-refractivity contribution in [1.29, 1.82) is 0 Å². The zero-order valence-corrected chi connectivity index (χ0v) is 13.2. The number of thiophene rings is 1. The molecule has 0 unspecified atom stereocenters. The van der Waals surface area contributed by atoms with Crippen LogP contribution in [0.1, 0.15) is 6.92 Å². The monoisotopic (exact) mass is 363 g/mol. The van der Waals surface area contributed by atoms with Crippen LogP contribution in [0.2, 0.25) is 0 Å². The normalized spacial score (nSPS) is 11.5. The zero-order valence-electron chi connectivity index (χ0n) is 10.0. The van der Waals surface area contributed by atoms with Gasteiger partial charge in [0.2, 0.25) is 0 Å². The minimum Gasteiger partial charge on any atom is -0.266 e. The number of rotatable bonds is 4. The number of nitrogens with zero attached hydrogens (tertiary/aromatic N) is 1. The summed E-state index contributed by atoms with van der Waals surface area (Å²) >= 11 is 4.37. The molecule has 0 radical (unpaired) electrons. The second-order valence-electron chi connectivity index (χ2n) is 3.71. The summed E-state index contributed by atoms with van der Waals surface area (Å²) in [6, 6.07) is 8.78.